The summed E-state index contributed by atoms with van der Waals surface area (Å²) in [4.78, 5) is 29.8. The van der Waals surface area contributed by atoms with Crippen LogP contribution in [0.4, 0.5) is 0 Å². The summed E-state index contributed by atoms with van der Waals surface area (Å²) in [5, 5.41) is 9.51. The van der Waals surface area contributed by atoms with Gasteiger partial charge in [0.25, 0.3) is 0 Å². The minimum absolute atomic E-state index is 0.0301. The lowest BCUT2D eigenvalue weighted by Gasteiger charge is -2.38. The number of nitriles is 1. The number of Topliss-reactive ketones (excluding diaryl/α,β-unsaturated/α-hetero) is 1. The van der Waals surface area contributed by atoms with Crippen molar-refractivity contribution in [3.8, 4) is 6.07 Å². The third-order valence-electron chi connectivity index (χ3n) is 5.70. The minimum Gasteiger partial charge on any atom is -0.340 e. The Balaban J connectivity index is 0.000000537. The van der Waals surface area contributed by atoms with Crippen LogP contribution < -0.4 is 0 Å². The number of ketones is 1. The number of piperazine rings is 1. The lowest BCUT2D eigenvalue weighted by molar-refractivity contribution is -0.126. The van der Waals surface area contributed by atoms with Crippen LogP contribution in [0.1, 0.15) is 52.0 Å². The molecule has 1 aromatic carbocycles. The van der Waals surface area contributed by atoms with Gasteiger partial charge in [0.05, 0.1) is 24.9 Å². The molecule has 6 nitrogen and oxygen atoms in total. The van der Waals surface area contributed by atoms with Crippen LogP contribution in [0.2, 0.25) is 5.02 Å². The van der Waals surface area contributed by atoms with Crippen LogP contribution in [0.15, 0.2) is 60.5 Å². The Morgan fingerprint density at radius 1 is 1.22 bits per heavy atom. The molecular weight excluding hydrogens is 472 g/mol. The monoisotopic (exact) mass is 512 g/mol. The van der Waals surface area contributed by atoms with Crippen molar-refractivity contribution in [2.45, 2.75) is 52.9 Å². The normalized spacial score (nSPS) is 14.0. The number of carbonyl (C=O) groups excluding carboxylic acids is 2. The summed E-state index contributed by atoms with van der Waals surface area (Å²) < 4.78 is 0. The van der Waals surface area contributed by atoms with E-state index in [2.05, 4.69) is 32.6 Å². The number of nitrogens with zero attached hydrogens (tertiary/aromatic N) is 4. The molecule has 0 unspecified atom stereocenters. The summed E-state index contributed by atoms with van der Waals surface area (Å²) >= 11 is 5.90. The Kier molecular flexibility index (Phi) is 15.2. The van der Waals surface area contributed by atoms with Gasteiger partial charge >= 0.3 is 0 Å². The number of benzene rings is 1. The Morgan fingerprint density at radius 3 is 2.53 bits per heavy atom. The van der Waals surface area contributed by atoms with E-state index in [0.29, 0.717) is 38.4 Å². The van der Waals surface area contributed by atoms with Crippen molar-refractivity contribution in [1.29, 1.82) is 5.26 Å². The number of allylic oxidation sites excluding steroid dienone is 2. The van der Waals surface area contributed by atoms with Gasteiger partial charge in [0.1, 0.15) is 0 Å². The molecule has 0 spiro atoms. The Morgan fingerprint density at radius 2 is 1.94 bits per heavy atom. The number of aryl methyl sites for hydroxylation is 1. The lowest BCUT2D eigenvalue weighted by Crippen LogP contribution is -2.46. The van der Waals surface area contributed by atoms with Crippen LogP contribution in [0.25, 0.3) is 0 Å². The fourth-order valence-electron chi connectivity index (χ4n) is 3.72. The second kappa shape index (κ2) is 17.5. The van der Waals surface area contributed by atoms with Gasteiger partial charge in [-0.05, 0) is 37.9 Å². The molecule has 0 radical (unpaired) electrons. The fraction of sp³-hybridized carbons (Fsp3) is 0.483. The van der Waals surface area contributed by atoms with Gasteiger partial charge in [-0.2, -0.15) is 5.26 Å². The maximum Gasteiger partial charge on any atom is 0.246 e. The van der Waals surface area contributed by atoms with Gasteiger partial charge in [0, 0.05) is 43.4 Å². The predicted octanol–water partition coefficient (Wildman–Crippen LogP) is 5.61. The van der Waals surface area contributed by atoms with Crippen LogP contribution in [0.5, 0.6) is 0 Å². The molecule has 0 saturated carbocycles. The molecule has 0 atom stereocenters. The van der Waals surface area contributed by atoms with E-state index in [0.717, 1.165) is 42.8 Å². The number of hydrogen-bond acceptors (Lipinski definition) is 5. The largest absolute Gasteiger partial charge is 0.340 e. The highest BCUT2D eigenvalue weighted by Crippen LogP contribution is 2.20. The van der Waals surface area contributed by atoms with E-state index in [1.54, 1.807) is 24.0 Å². The summed E-state index contributed by atoms with van der Waals surface area (Å²) in [5.41, 5.74) is 2.70. The molecule has 1 aliphatic rings. The van der Waals surface area contributed by atoms with E-state index < -0.39 is 0 Å². The van der Waals surface area contributed by atoms with Crippen LogP contribution in [-0.4, -0.2) is 66.2 Å². The zero-order valence-electron chi connectivity index (χ0n) is 22.3. The molecule has 1 amide bonds. The highest BCUT2D eigenvalue weighted by atomic mass is 35.5. The summed E-state index contributed by atoms with van der Waals surface area (Å²) in [6, 6.07) is 10.1. The zero-order chi connectivity index (χ0) is 26.9. The van der Waals surface area contributed by atoms with E-state index in [9.17, 15) is 9.59 Å². The predicted molar refractivity (Wildman–Crippen MR) is 148 cm³/mol. The van der Waals surface area contributed by atoms with E-state index in [1.807, 2.05) is 41.1 Å². The van der Waals surface area contributed by atoms with E-state index in [4.69, 9.17) is 16.9 Å². The lowest BCUT2D eigenvalue weighted by atomic mass is 10.1. The second-order valence-corrected chi connectivity index (χ2v) is 9.27. The smallest absolute Gasteiger partial charge is 0.246 e. The quantitative estimate of drug-likeness (QED) is 0.219. The second-order valence-electron chi connectivity index (χ2n) is 8.86. The van der Waals surface area contributed by atoms with Crippen molar-refractivity contribution in [2.24, 2.45) is 0 Å². The van der Waals surface area contributed by atoms with E-state index >= 15 is 0 Å². The van der Waals surface area contributed by atoms with Crippen LogP contribution in [0.3, 0.4) is 0 Å². The summed E-state index contributed by atoms with van der Waals surface area (Å²) in [6.07, 6.45) is 10.5. The molecule has 0 N–H and O–H groups in total. The molecule has 7 heteroatoms. The fourth-order valence-corrected chi connectivity index (χ4v) is 3.95. The number of rotatable bonds is 11. The Hall–Kier alpha value is -2.88. The number of carbonyl (C=O) groups is 2. The zero-order valence-corrected chi connectivity index (χ0v) is 23.1. The van der Waals surface area contributed by atoms with Gasteiger partial charge in [-0.25, -0.2) is 0 Å². The highest BCUT2D eigenvalue weighted by Gasteiger charge is 2.25. The molecule has 0 bridgehead atoms. The van der Waals surface area contributed by atoms with Gasteiger partial charge in [0.15, 0.2) is 5.78 Å². The first-order valence-electron chi connectivity index (χ1n) is 12.7. The van der Waals surface area contributed by atoms with E-state index in [-0.39, 0.29) is 11.7 Å². The Labute approximate surface area is 222 Å². The maximum absolute atomic E-state index is 12.3. The van der Waals surface area contributed by atoms with Crippen LogP contribution in [-0.2, 0) is 16.0 Å². The molecule has 36 heavy (non-hydrogen) atoms. The molecular formula is C29H41ClN4O2. The number of hydrogen-bond donors (Lipinski definition) is 0. The van der Waals surface area contributed by atoms with E-state index in [1.165, 1.54) is 5.56 Å². The van der Waals surface area contributed by atoms with Gasteiger partial charge in [-0.15, -0.1) is 0 Å². The third-order valence-corrected chi connectivity index (χ3v) is 6.07. The number of likely N-dealkylation sites (N-methyl/N-ethyl adjacent to an activating group) is 1. The number of halogens is 1. The average Bonchev–Trinajstić information content (AvgIpc) is 2.84. The van der Waals surface area contributed by atoms with Crippen molar-refractivity contribution >= 4 is 23.3 Å². The first kappa shape index (κ1) is 31.2. The minimum atomic E-state index is -0.0736. The summed E-state index contributed by atoms with van der Waals surface area (Å²) in [6.45, 7) is 12.3. The van der Waals surface area contributed by atoms with Crippen LogP contribution in [0, 0.1) is 11.3 Å². The summed E-state index contributed by atoms with van der Waals surface area (Å²) in [5.74, 6) is -0.0436. The standard InChI is InChI=1S/C20H30N4O2.C9H11Cl/c1-5-6-7-9-19(18(3)25)24-15-14-23(16-17(24)2)20(26)10-8-12-22(4)13-11-21;1-2-5-8-6-3-4-7-9(8)10/h8-10H,2,5-7,12-16H2,1,3-4H3;3-4,6-7H,2,5H2,1H3/b10-8+,19-9-;. The highest BCUT2D eigenvalue weighted by molar-refractivity contribution is 6.31. The molecule has 0 aromatic heterocycles. The van der Waals surface area contributed by atoms with Gasteiger partial charge in [-0.1, -0.05) is 75.2 Å². The first-order chi connectivity index (χ1) is 17.2. The maximum atomic E-state index is 12.3. The molecule has 1 saturated heterocycles. The SMILES string of the molecule is C=C1CN(C(=O)/C=C/CN(C)CC#N)CCN1/C(=C\CCCC)C(C)=O.CCCc1ccccc1Cl. The number of unbranched alkanes of at least 4 members (excludes halogenated alkanes) is 2. The first-order valence-corrected chi connectivity index (χ1v) is 13.0. The van der Waals surface area contributed by atoms with Gasteiger partial charge in [-0.3, -0.25) is 14.5 Å². The molecule has 1 heterocycles. The number of amides is 1. The molecule has 1 fully saturated rings. The van der Waals surface area contributed by atoms with Crippen molar-refractivity contribution in [3.63, 3.8) is 0 Å². The topological polar surface area (TPSA) is 67.7 Å². The molecule has 2 rings (SSSR count). The van der Waals surface area contributed by atoms with Gasteiger partial charge in [0.2, 0.25) is 5.91 Å². The van der Waals surface area contributed by atoms with Gasteiger partial charge < -0.3 is 9.80 Å². The average molecular weight is 513 g/mol. The van der Waals surface area contributed by atoms with Crippen molar-refractivity contribution in [1.82, 2.24) is 14.7 Å². The Bertz CT molecular complexity index is 964. The van der Waals surface area contributed by atoms with Crippen molar-refractivity contribution < 1.29 is 9.59 Å². The third kappa shape index (κ3) is 11.2. The molecule has 1 aliphatic heterocycles. The van der Waals surface area contributed by atoms with Crippen LogP contribution >= 0.6 is 11.6 Å². The molecule has 0 aliphatic carbocycles. The summed E-state index contributed by atoms with van der Waals surface area (Å²) in [7, 11) is 1.83. The van der Waals surface area contributed by atoms with Crippen molar-refractivity contribution in [3.05, 3.63) is 71.1 Å². The van der Waals surface area contributed by atoms with Crippen molar-refractivity contribution in [2.75, 3.05) is 39.8 Å². The molecule has 196 valence electrons. The molecule has 1 aromatic rings.